The quantitative estimate of drug-likeness (QED) is 0.126. The van der Waals surface area contributed by atoms with Crippen molar-refractivity contribution >= 4 is 5.97 Å². The topological polar surface area (TPSA) is 92.7 Å². The standard InChI is InChI=1S/C34H48O8/c1-4-5-15-26-21-22-29(35)28(26)18-9-12-23-34(41-30-19-10-13-24-38-30,42-31-20-11-14-25-39-31)33(2,32(36)37-3)40-27-16-7-6-8-17-27/h5-9,15-17,23,26,28-31,35H,4,10-11,13-14,18-22,24-25H2,1-3H3/b15-5+/t12?,26-,28+,29-,30?,31?,33?,34?/m0/s1/i41+0,42+0. The van der Waals surface area contributed by atoms with Crippen molar-refractivity contribution < 1.29 is 38.3 Å². The molecule has 3 fully saturated rings. The molecule has 0 aromatic heterocycles. The summed E-state index contributed by atoms with van der Waals surface area (Å²) < 4.78 is 37.1. The summed E-state index contributed by atoms with van der Waals surface area (Å²) in [5.74, 6) is -1.64. The molecule has 232 valence electrons. The molecule has 0 radical (unpaired) electrons. The molecule has 1 saturated carbocycles. The normalized spacial score (nSPS) is 29.2. The first-order chi connectivity index (χ1) is 20.4. The highest BCUT2D eigenvalue weighted by molar-refractivity contribution is 5.81. The molecule has 3 aliphatic rings. The second kappa shape index (κ2) is 15.9. The fourth-order valence-electron chi connectivity index (χ4n) is 5.96. The predicted molar refractivity (Wildman–Crippen MR) is 158 cm³/mol. The van der Waals surface area contributed by atoms with Gasteiger partial charge in [0.05, 0.1) is 13.2 Å². The van der Waals surface area contributed by atoms with Gasteiger partial charge < -0.3 is 33.5 Å². The molecule has 2 saturated heterocycles. The Morgan fingerprint density at radius 3 is 2.26 bits per heavy atom. The van der Waals surface area contributed by atoms with Crippen LogP contribution >= 0.6 is 0 Å². The average Bonchev–Trinajstić information content (AvgIpc) is 3.37. The second-order valence-electron chi connectivity index (χ2n) is 11.5. The van der Waals surface area contributed by atoms with E-state index in [9.17, 15) is 9.90 Å². The van der Waals surface area contributed by atoms with Crippen molar-refractivity contribution in [2.45, 2.75) is 108 Å². The Balaban J connectivity index is 1.75. The third-order valence-electron chi connectivity index (χ3n) is 8.43. The Bertz CT molecular complexity index is 1030. The number of carbonyl (C=O) groups excluding carboxylic acids is 1. The van der Waals surface area contributed by atoms with Crippen molar-refractivity contribution in [2.75, 3.05) is 20.3 Å². The highest BCUT2D eigenvalue weighted by Gasteiger charge is 2.61. The predicted octanol–water partition coefficient (Wildman–Crippen LogP) is 6.23. The molecule has 6 atom stereocenters. The van der Waals surface area contributed by atoms with Gasteiger partial charge in [-0.25, -0.2) is 4.79 Å². The number of hydrogen-bond donors (Lipinski definition) is 1. The van der Waals surface area contributed by atoms with Crippen LogP contribution in [0.4, 0.5) is 0 Å². The molecule has 1 aliphatic carbocycles. The van der Waals surface area contributed by atoms with Gasteiger partial charge in [-0.15, -0.1) is 5.73 Å². The lowest BCUT2D eigenvalue weighted by atomic mass is 9.90. The van der Waals surface area contributed by atoms with Gasteiger partial charge in [-0.3, -0.25) is 0 Å². The largest absolute Gasteiger partial charge is 0.470 e. The smallest absolute Gasteiger partial charge is 0.356 e. The van der Waals surface area contributed by atoms with Crippen LogP contribution in [0.5, 0.6) is 5.75 Å². The highest BCUT2D eigenvalue weighted by atomic mass is 16.8. The number of carbonyl (C=O) groups is 1. The first-order valence-electron chi connectivity index (χ1n) is 15.6. The summed E-state index contributed by atoms with van der Waals surface area (Å²) >= 11 is 0. The summed E-state index contributed by atoms with van der Waals surface area (Å²) in [6.07, 6.45) is 14.5. The average molecular weight is 585 g/mol. The van der Waals surface area contributed by atoms with E-state index >= 15 is 0 Å². The Hall–Kier alpha value is -2.45. The molecule has 2 heterocycles. The Morgan fingerprint density at radius 1 is 1.02 bits per heavy atom. The number of methoxy groups -OCH3 is 1. The summed E-state index contributed by atoms with van der Waals surface area (Å²) in [5.41, 5.74) is 1.47. The minimum Gasteiger partial charge on any atom is -0.470 e. The van der Waals surface area contributed by atoms with E-state index in [0.29, 0.717) is 44.1 Å². The van der Waals surface area contributed by atoms with Crippen molar-refractivity contribution in [3.05, 3.63) is 60.4 Å². The first kappa shape index (κ1) is 32.5. The number of hydrogen-bond acceptors (Lipinski definition) is 8. The maximum atomic E-state index is 13.7. The number of aliphatic hydroxyl groups excluding tert-OH is 1. The fraction of sp³-hybridized carbons (Fsp3) is 0.647. The van der Waals surface area contributed by atoms with Crippen molar-refractivity contribution in [3.63, 3.8) is 0 Å². The summed E-state index contributed by atoms with van der Waals surface area (Å²) in [6.45, 7) is 4.81. The van der Waals surface area contributed by atoms with E-state index in [-0.39, 0.29) is 12.0 Å². The highest BCUT2D eigenvalue weighted by Crippen LogP contribution is 2.40. The zero-order chi connectivity index (χ0) is 29.8. The maximum absolute atomic E-state index is 13.7. The zero-order valence-corrected chi connectivity index (χ0v) is 25.4. The third kappa shape index (κ3) is 8.13. The van der Waals surface area contributed by atoms with Crippen LogP contribution in [0.2, 0.25) is 0 Å². The lowest BCUT2D eigenvalue weighted by molar-refractivity contribution is -0.375. The molecule has 8 heteroatoms. The van der Waals surface area contributed by atoms with Crippen LogP contribution in [0.15, 0.2) is 60.4 Å². The van der Waals surface area contributed by atoms with Gasteiger partial charge in [0.25, 0.3) is 11.4 Å². The summed E-state index contributed by atoms with van der Waals surface area (Å²) in [6, 6.07) is 9.07. The van der Waals surface area contributed by atoms with Crippen LogP contribution in [0.25, 0.3) is 0 Å². The molecule has 3 unspecified atom stereocenters. The number of aliphatic hydroxyl groups is 1. The van der Waals surface area contributed by atoms with Gasteiger partial charge in [0, 0.05) is 19.3 Å². The van der Waals surface area contributed by atoms with Gasteiger partial charge in [0.1, 0.15) is 5.75 Å². The van der Waals surface area contributed by atoms with Crippen LogP contribution in [0, 0.1) is 11.8 Å². The summed E-state index contributed by atoms with van der Waals surface area (Å²) in [4.78, 5) is 13.7. The molecule has 2 aliphatic heterocycles. The number of esters is 1. The van der Waals surface area contributed by atoms with E-state index in [0.717, 1.165) is 44.9 Å². The SMILES string of the molecule is CC/C=C/[C@H]1CC[C@H](O)[C@@H]1CC=C=CC([16O]C1CCCCO1)([16O]C1CCCCO1)C(C)(Oc1ccccc1)C(=O)OC. The molecule has 8 nitrogen and oxygen atoms in total. The van der Waals surface area contributed by atoms with Crippen LogP contribution in [-0.2, 0) is 28.5 Å². The lowest BCUT2D eigenvalue weighted by Gasteiger charge is -2.46. The number of para-hydroxylation sites is 1. The molecule has 1 aromatic rings. The van der Waals surface area contributed by atoms with Gasteiger partial charge >= 0.3 is 5.97 Å². The van der Waals surface area contributed by atoms with Crippen molar-refractivity contribution in [1.29, 1.82) is 0 Å². The van der Waals surface area contributed by atoms with Gasteiger partial charge in [0.15, 0.2) is 12.6 Å². The summed E-state index contributed by atoms with van der Waals surface area (Å²) in [5, 5.41) is 10.7. The minimum atomic E-state index is -1.81. The van der Waals surface area contributed by atoms with Gasteiger partial charge in [0.2, 0.25) is 0 Å². The zero-order valence-electron chi connectivity index (χ0n) is 25.4. The molecule has 0 amide bonds. The van der Waals surface area contributed by atoms with Crippen LogP contribution < -0.4 is 4.74 Å². The third-order valence-corrected chi connectivity index (χ3v) is 8.43. The maximum Gasteiger partial charge on any atom is 0.356 e. The Labute approximate surface area is 250 Å². The molecule has 1 N–H and O–H groups in total. The molecular formula is C34H48O8. The fourth-order valence-corrected chi connectivity index (χ4v) is 5.96. The minimum absolute atomic E-state index is 0.0841. The number of benzene rings is 1. The van der Waals surface area contributed by atoms with Crippen LogP contribution in [0.3, 0.4) is 0 Å². The van der Waals surface area contributed by atoms with Crippen molar-refractivity contribution in [2.24, 2.45) is 11.8 Å². The van der Waals surface area contributed by atoms with E-state index in [4.69, 9.17) is 28.4 Å². The van der Waals surface area contributed by atoms with Gasteiger partial charge in [-0.1, -0.05) is 37.3 Å². The van der Waals surface area contributed by atoms with Gasteiger partial charge in [-0.2, -0.15) is 0 Å². The van der Waals surface area contributed by atoms with Crippen molar-refractivity contribution in [1.82, 2.24) is 0 Å². The van der Waals surface area contributed by atoms with E-state index in [1.807, 2.05) is 24.3 Å². The Morgan fingerprint density at radius 2 is 1.69 bits per heavy atom. The molecule has 42 heavy (non-hydrogen) atoms. The molecule has 4 rings (SSSR count). The molecular weight excluding hydrogens is 536 g/mol. The Kier molecular flexibility index (Phi) is 12.3. The molecule has 1 aromatic carbocycles. The number of ether oxygens (including phenoxy) is 6. The van der Waals surface area contributed by atoms with E-state index in [1.54, 1.807) is 25.1 Å². The number of allylic oxidation sites excluding steroid dienone is 2. The first-order valence-corrected chi connectivity index (χ1v) is 15.6. The van der Waals surface area contributed by atoms with Crippen molar-refractivity contribution in [3.8, 4) is 5.75 Å². The molecule has 0 spiro atoms. The number of rotatable bonds is 13. The molecule has 0 bridgehead atoms. The van der Waals surface area contributed by atoms with Crippen LogP contribution in [0.1, 0.15) is 78.1 Å². The van der Waals surface area contributed by atoms with E-state index in [2.05, 4.69) is 24.8 Å². The van der Waals surface area contributed by atoms with Gasteiger partial charge in [-0.05, 0) is 101 Å². The van der Waals surface area contributed by atoms with Crippen LogP contribution in [-0.4, -0.2) is 61.5 Å². The lowest BCUT2D eigenvalue weighted by Crippen LogP contribution is -2.65. The monoisotopic (exact) mass is 584 g/mol. The second-order valence-corrected chi connectivity index (χ2v) is 11.5. The van der Waals surface area contributed by atoms with E-state index < -0.39 is 29.9 Å². The summed E-state index contributed by atoms with van der Waals surface area (Å²) in [7, 11) is 1.32. The van der Waals surface area contributed by atoms with E-state index in [1.165, 1.54) is 7.11 Å².